The fourth-order valence-corrected chi connectivity index (χ4v) is 3.77. The average molecular weight is 358 g/mol. The molecule has 2 amide bonds. The zero-order valence-corrected chi connectivity index (χ0v) is 13.9. The Morgan fingerprint density at radius 1 is 1.12 bits per heavy atom. The zero-order valence-electron chi connectivity index (χ0n) is 13.9. The Morgan fingerprint density at radius 3 is 2.69 bits per heavy atom. The first-order chi connectivity index (χ1) is 12.5. The second kappa shape index (κ2) is 6.12. The highest BCUT2D eigenvalue weighted by Crippen LogP contribution is 2.42. The molecule has 8 heteroatoms. The normalized spacial score (nSPS) is 22.5. The number of halogens is 2. The van der Waals surface area contributed by atoms with Gasteiger partial charge >= 0.3 is 0 Å². The number of amides is 2. The van der Waals surface area contributed by atoms with Gasteiger partial charge < -0.3 is 9.80 Å². The highest BCUT2D eigenvalue weighted by atomic mass is 19.2. The van der Waals surface area contributed by atoms with Crippen LogP contribution in [0, 0.1) is 17.0 Å². The zero-order chi connectivity index (χ0) is 18.3. The molecule has 0 unspecified atom stereocenters. The van der Waals surface area contributed by atoms with E-state index in [1.54, 1.807) is 11.0 Å². The van der Waals surface area contributed by atoms with Crippen molar-refractivity contribution in [1.82, 2.24) is 15.1 Å². The van der Waals surface area contributed by atoms with Crippen LogP contribution < -0.4 is 4.90 Å². The van der Waals surface area contributed by atoms with Crippen molar-refractivity contribution < 1.29 is 18.4 Å². The summed E-state index contributed by atoms with van der Waals surface area (Å²) < 4.78 is 26.7. The van der Waals surface area contributed by atoms with Gasteiger partial charge in [-0.05, 0) is 24.6 Å². The molecule has 0 bridgehead atoms. The predicted molar refractivity (Wildman–Crippen MR) is 88.3 cm³/mol. The van der Waals surface area contributed by atoms with E-state index in [2.05, 4.69) is 10.2 Å². The van der Waals surface area contributed by atoms with Crippen LogP contribution in [0.2, 0.25) is 0 Å². The number of hydrogen-bond donors (Lipinski definition) is 0. The Labute approximate surface area is 148 Å². The lowest BCUT2D eigenvalue weighted by Gasteiger charge is -2.24. The van der Waals surface area contributed by atoms with E-state index < -0.39 is 11.6 Å². The van der Waals surface area contributed by atoms with E-state index in [9.17, 15) is 18.4 Å². The molecule has 4 rings (SSSR count). The molecule has 0 N–H and O–H groups in total. The highest BCUT2D eigenvalue weighted by molar-refractivity contribution is 5.97. The summed E-state index contributed by atoms with van der Waals surface area (Å²) in [5.74, 6) is -2.21. The summed E-state index contributed by atoms with van der Waals surface area (Å²) in [6.45, 7) is 1.37. The number of aromatic nitrogens is 2. The predicted octanol–water partition coefficient (Wildman–Crippen LogP) is 2.02. The monoisotopic (exact) mass is 358 g/mol. The molecule has 2 aliphatic heterocycles. The second-order valence-electron chi connectivity index (χ2n) is 6.86. The molecule has 2 fully saturated rings. The molecule has 2 saturated heterocycles. The molecule has 6 nitrogen and oxygen atoms in total. The van der Waals surface area contributed by atoms with Gasteiger partial charge in [0.1, 0.15) is 0 Å². The molecule has 3 heterocycles. The van der Waals surface area contributed by atoms with E-state index in [0.29, 0.717) is 37.3 Å². The molecule has 1 aromatic heterocycles. The Morgan fingerprint density at radius 2 is 1.96 bits per heavy atom. The molecule has 0 aliphatic carbocycles. The third kappa shape index (κ3) is 2.81. The topological polar surface area (TPSA) is 66.4 Å². The molecule has 0 saturated carbocycles. The fraction of sp³-hybridized carbons (Fsp3) is 0.333. The van der Waals surface area contributed by atoms with E-state index in [1.807, 2.05) is 0 Å². The first-order valence-electron chi connectivity index (χ1n) is 8.29. The van der Waals surface area contributed by atoms with E-state index in [-0.39, 0.29) is 23.7 Å². The minimum absolute atomic E-state index is 0.143. The van der Waals surface area contributed by atoms with Crippen LogP contribution in [0.1, 0.15) is 23.2 Å². The van der Waals surface area contributed by atoms with Crippen LogP contribution in [0.5, 0.6) is 0 Å². The molecule has 0 radical (unpaired) electrons. The van der Waals surface area contributed by atoms with E-state index >= 15 is 0 Å². The van der Waals surface area contributed by atoms with E-state index in [0.717, 1.165) is 12.1 Å². The van der Waals surface area contributed by atoms with Gasteiger partial charge in [-0.1, -0.05) is 0 Å². The molecule has 134 valence electrons. The number of benzene rings is 1. The summed E-state index contributed by atoms with van der Waals surface area (Å²) in [6, 6.07) is 5.06. The minimum Gasteiger partial charge on any atom is -0.338 e. The quantitative estimate of drug-likeness (QED) is 0.824. The Balaban J connectivity index is 1.51. The number of rotatable bonds is 2. The molecule has 26 heavy (non-hydrogen) atoms. The number of carbonyl (C=O) groups excluding carboxylic acids is 2. The largest absolute Gasteiger partial charge is 0.338 e. The van der Waals surface area contributed by atoms with Crippen molar-refractivity contribution in [3.05, 3.63) is 53.9 Å². The summed E-state index contributed by atoms with van der Waals surface area (Å²) >= 11 is 0. The van der Waals surface area contributed by atoms with Crippen LogP contribution in [-0.4, -0.2) is 46.5 Å². The molecule has 2 aromatic rings. The third-order valence-electron chi connectivity index (χ3n) is 5.09. The van der Waals surface area contributed by atoms with Crippen molar-refractivity contribution in [1.29, 1.82) is 0 Å². The van der Waals surface area contributed by atoms with Gasteiger partial charge in [0.15, 0.2) is 11.6 Å². The Kier molecular flexibility index (Phi) is 3.90. The lowest BCUT2D eigenvalue weighted by atomic mass is 9.86. The van der Waals surface area contributed by atoms with Crippen LogP contribution in [0.4, 0.5) is 14.5 Å². The van der Waals surface area contributed by atoms with Gasteiger partial charge in [0.2, 0.25) is 5.91 Å². The maximum Gasteiger partial charge on any atom is 0.255 e. The summed E-state index contributed by atoms with van der Waals surface area (Å²) in [7, 11) is 0. The number of nitrogens with zero attached hydrogens (tertiary/aromatic N) is 4. The SMILES string of the molecule is O=C(c1ccnnc1)N1CC[C@@]2(CC(=O)N(c3ccc(F)c(F)c3)C2)C1. The lowest BCUT2D eigenvalue weighted by molar-refractivity contribution is -0.117. The lowest BCUT2D eigenvalue weighted by Crippen LogP contribution is -2.34. The fourth-order valence-electron chi connectivity index (χ4n) is 3.77. The van der Waals surface area contributed by atoms with Crippen molar-refractivity contribution >= 4 is 17.5 Å². The van der Waals surface area contributed by atoms with Crippen molar-refractivity contribution in [2.75, 3.05) is 24.5 Å². The van der Waals surface area contributed by atoms with Crippen molar-refractivity contribution in [3.63, 3.8) is 0 Å². The first-order valence-corrected chi connectivity index (χ1v) is 8.29. The van der Waals surface area contributed by atoms with Crippen LogP contribution in [0.25, 0.3) is 0 Å². The summed E-state index contributed by atoms with van der Waals surface area (Å²) in [6.07, 6.45) is 3.84. The maximum absolute atomic E-state index is 13.5. The number of likely N-dealkylation sites (tertiary alicyclic amines) is 1. The standard InChI is InChI=1S/C18H16F2N4O2/c19-14-2-1-13(7-15(14)20)24-11-18(8-16(24)25)4-6-23(10-18)17(26)12-3-5-21-22-9-12/h1-3,5,7,9H,4,6,8,10-11H2/t18-/m1/s1. The molecule has 1 atom stereocenters. The van der Waals surface area contributed by atoms with Gasteiger partial charge in [0.25, 0.3) is 5.91 Å². The highest BCUT2D eigenvalue weighted by Gasteiger charge is 2.49. The van der Waals surface area contributed by atoms with Crippen LogP contribution in [-0.2, 0) is 4.79 Å². The van der Waals surface area contributed by atoms with Crippen molar-refractivity contribution in [2.24, 2.45) is 5.41 Å². The minimum atomic E-state index is -0.982. The van der Waals surface area contributed by atoms with Crippen molar-refractivity contribution in [2.45, 2.75) is 12.8 Å². The third-order valence-corrected chi connectivity index (χ3v) is 5.09. The molecule has 1 aromatic carbocycles. The van der Waals surface area contributed by atoms with Gasteiger partial charge in [-0.15, -0.1) is 0 Å². The number of hydrogen-bond acceptors (Lipinski definition) is 4. The van der Waals surface area contributed by atoms with Gasteiger partial charge in [-0.25, -0.2) is 8.78 Å². The van der Waals surface area contributed by atoms with Gasteiger partial charge in [-0.2, -0.15) is 10.2 Å². The van der Waals surface area contributed by atoms with E-state index in [4.69, 9.17) is 0 Å². The van der Waals surface area contributed by atoms with Crippen LogP contribution in [0.15, 0.2) is 36.7 Å². The second-order valence-corrected chi connectivity index (χ2v) is 6.86. The maximum atomic E-state index is 13.5. The van der Waals surface area contributed by atoms with Gasteiger partial charge in [-0.3, -0.25) is 9.59 Å². The molecular formula is C18H16F2N4O2. The Bertz CT molecular complexity index is 877. The smallest absolute Gasteiger partial charge is 0.255 e. The first kappa shape index (κ1) is 16.6. The number of carbonyl (C=O) groups is 2. The summed E-state index contributed by atoms with van der Waals surface area (Å²) in [5, 5.41) is 7.38. The van der Waals surface area contributed by atoms with Crippen LogP contribution in [0.3, 0.4) is 0 Å². The molecule has 1 spiro atoms. The average Bonchev–Trinajstić information content (AvgIpc) is 3.20. The number of anilines is 1. The van der Waals surface area contributed by atoms with Crippen molar-refractivity contribution in [3.8, 4) is 0 Å². The summed E-state index contributed by atoms with van der Waals surface area (Å²) in [4.78, 5) is 28.2. The van der Waals surface area contributed by atoms with Gasteiger partial charge in [0, 0.05) is 43.2 Å². The van der Waals surface area contributed by atoms with E-state index in [1.165, 1.54) is 23.4 Å². The van der Waals surface area contributed by atoms with Gasteiger partial charge in [0.05, 0.1) is 18.0 Å². The molecular weight excluding hydrogens is 342 g/mol. The molecule has 2 aliphatic rings. The summed E-state index contributed by atoms with van der Waals surface area (Å²) in [5.41, 5.74) is 0.436. The van der Waals surface area contributed by atoms with Crippen LogP contribution >= 0.6 is 0 Å². The Hall–Kier alpha value is -2.90.